The van der Waals surface area contributed by atoms with Crippen LogP contribution in [0.3, 0.4) is 0 Å². The van der Waals surface area contributed by atoms with Crippen LogP contribution in [0.2, 0.25) is 0 Å². The van der Waals surface area contributed by atoms with E-state index in [0.717, 1.165) is 31.8 Å². The summed E-state index contributed by atoms with van der Waals surface area (Å²) in [6.45, 7) is 2.28. The summed E-state index contributed by atoms with van der Waals surface area (Å²) in [5.41, 5.74) is 0. The zero-order valence-corrected chi connectivity index (χ0v) is 12.3. The molecule has 2 fully saturated rings. The van der Waals surface area contributed by atoms with Crippen LogP contribution in [0.15, 0.2) is 0 Å². The molecule has 1 nitrogen and oxygen atoms in total. The fourth-order valence-corrected chi connectivity index (χ4v) is 4.16. The second-order valence-electron chi connectivity index (χ2n) is 6.57. The average Bonchev–Trinajstić information content (AvgIpc) is 2.47. The van der Waals surface area contributed by atoms with Gasteiger partial charge < -0.3 is 4.74 Å². The second-order valence-corrected chi connectivity index (χ2v) is 6.57. The molecule has 2 aliphatic rings. The first-order valence-corrected chi connectivity index (χ1v) is 7.99. The van der Waals surface area contributed by atoms with Gasteiger partial charge in [-0.3, -0.25) is 0 Å². The minimum atomic E-state index is -2.91. The number of ether oxygens (including phenoxy) is 1. The Hall–Kier alpha value is -0.180. The lowest BCUT2D eigenvalue weighted by Gasteiger charge is -2.39. The van der Waals surface area contributed by atoms with Gasteiger partial charge in [-0.2, -0.15) is 8.78 Å². The highest BCUT2D eigenvalue weighted by molar-refractivity contribution is 4.83. The van der Waals surface area contributed by atoms with E-state index in [1.807, 2.05) is 0 Å². The van der Waals surface area contributed by atoms with Crippen LogP contribution in [0.4, 0.5) is 8.78 Å². The molecule has 0 bridgehead atoms. The summed E-state index contributed by atoms with van der Waals surface area (Å²) in [4.78, 5) is 0. The Balaban J connectivity index is 1.78. The molecular weight excluding hydrogens is 246 g/mol. The maximum atomic E-state index is 13.5. The van der Waals surface area contributed by atoms with Crippen molar-refractivity contribution < 1.29 is 13.5 Å². The highest BCUT2D eigenvalue weighted by Gasteiger charge is 2.42. The second kappa shape index (κ2) is 6.51. The predicted molar refractivity (Wildman–Crippen MR) is 73.1 cm³/mol. The molecule has 0 radical (unpaired) electrons. The molecule has 0 aromatic rings. The number of halogens is 2. The van der Waals surface area contributed by atoms with Gasteiger partial charge in [0, 0.05) is 7.11 Å². The standard InChI is InChI=1S/C16H28F2O/c1-3-12-4-6-13(7-5-12)14-8-10-15(11-9-14)16(17,18)19-2/h12-15H,3-11H2,1-2H3. The zero-order chi connectivity index (χ0) is 13.9. The minimum absolute atomic E-state index is 0.555. The Labute approximate surface area is 116 Å². The van der Waals surface area contributed by atoms with E-state index in [4.69, 9.17) is 0 Å². The van der Waals surface area contributed by atoms with E-state index in [2.05, 4.69) is 11.7 Å². The number of methoxy groups -OCH3 is 1. The largest absolute Gasteiger partial charge is 0.358 e. The van der Waals surface area contributed by atoms with Crippen molar-refractivity contribution in [3.05, 3.63) is 0 Å². The van der Waals surface area contributed by atoms with Crippen molar-refractivity contribution in [2.24, 2.45) is 23.7 Å². The SMILES string of the molecule is CCC1CCC(C2CCC(C(F)(F)OC)CC2)CC1. The molecule has 2 aliphatic carbocycles. The third-order valence-corrected chi connectivity index (χ3v) is 5.65. The van der Waals surface area contributed by atoms with Crippen LogP contribution < -0.4 is 0 Å². The van der Waals surface area contributed by atoms with E-state index in [9.17, 15) is 8.78 Å². The molecule has 0 aliphatic heterocycles. The van der Waals surface area contributed by atoms with Crippen LogP contribution in [-0.4, -0.2) is 13.2 Å². The highest BCUT2D eigenvalue weighted by Crippen LogP contribution is 2.45. The van der Waals surface area contributed by atoms with E-state index in [0.29, 0.717) is 18.8 Å². The smallest absolute Gasteiger partial charge is 0.324 e. The fourth-order valence-electron chi connectivity index (χ4n) is 4.16. The Morgan fingerprint density at radius 3 is 1.79 bits per heavy atom. The number of hydrogen-bond acceptors (Lipinski definition) is 1. The van der Waals surface area contributed by atoms with Gasteiger partial charge in [0.05, 0.1) is 5.92 Å². The topological polar surface area (TPSA) is 9.23 Å². The first-order chi connectivity index (χ1) is 9.06. The molecule has 0 unspecified atom stereocenters. The quantitative estimate of drug-likeness (QED) is 0.680. The molecule has 0 aromatic carbocycles. The van der Waals surface area contributed by atoms with Gasteiger partial charge in [0.15, 0.2) is 0 Å². The van der Waals surface area contributed by atoms with Gasteiger partial charge in [-0.1, -0.05) is 26.2 Å². The van der Waals surface area contributed by atoms with E-state index in [-0.39, 0.29) is 0 Å². The van der Waals surface area contributed by atoms with Crippen molar-refractivity contribution >= 4 is 0 Å². The molecule has 2 rings (SSSR count). The lowest BCUT2D eigenvalue weighted by molar-refractivity contribution is -0.263. The van der Waals surface area contributed by atoms with Crippen LogP contribution in [0.25, 0.3) is 0 Å². The summed E-state index contributed by atoms with van der Waals surface area (Å²) < 4.78 is 31.3. The van der Waals surface area contributed by atoms with E-state index >= 15 is 0 Å². The summed E-state index contributed by atoms with van der Waals surface area (Å²) in [6.07, 6.45) is 6.99. The summed E-state index contributed by atoms with van der Waals surface area (Å²) >= 11 is 0. The molecule has 2 saturated carbocycles. The molecule has 0 amide bonds. The van der Waals surface area contributed by atoms with Crippen LogP contribution in [0, 0.1) is 23.7 Å². The van der Waals surface area contributed by atoms with Crippen molar-refractivity contribution in [3.63, 3.8) is 0 Å². The first kappa shape index (κ1) is 15.2. The van der Waals surface area contributed by atoms with Crippen LogP contribution in [0.1, 0.15) is 64.7 Å². The number of hydrogen-bond donors (Lipinski definition) is 0. The lowest BCUT2D eigenvalue weighted by Crippen LogP contribution is -2.35. The molecule has 0 N–H and O–H groups in total. The molecule has 0 heterocycles. The van der Waals surface area contributed by atoms with Gasteiger partial charge in [0.25, 0.3) is 0 Å². The summed E-state index contributed by atoms with van der Waals surface area (Å²) in [5, 5.41) is 0. The Morgan fingerprint density at radius 1 is 0.895 bits per heavy atom. The van der Waals surface area contributed by atoms with Crippen molar-refractivity contribution in [1.29, 1.82) is 0 Å². The lowest BCUT2D eigenvalue weighted by atomic mass is 9.69. The Bertz CT molecular complexity index is 264. The molecule has 112 valence electrons. The third kappa shape index (κ3) is 3.68. The first-order valence-electron chi connectivity index (χ1n) is 7.99. The van der Waals surface area contributed by atoms with Gasteiger partial charge in [-0.05, 0) is 56.3 Å². The van der Waals surface area contributed by atoms with Crippen LogP contribution >= 0.6 is 0 Å². The molecule has 0 aromatic heterocycles. The van der Waals surface area contributed by atoms with E-state index in [1.165, 1.54) is 32.1 Å². The van der Waals surface area contributed by atoms with Crippen molar-refractivity contribution in [1.82, 2.24) is 0 Å². The monoisotopic (exact) mass is 274 g/mol. The van der Waals surface area contributed by atoms with Crippen LogP contribution in [0.5, 0.6) is 0 Å². The predicted octanol–water partition coefficient (Wildman–Crippen LogP) is 5.25. The van der Waals surface area contributed by atoms with Gasteiger partial charge >= 0.3 is 6.11 Å². The molecule has 3 heteroatoms. The zero-order valence-electron chi connectivity index (χ0n) is 12.3. The van der Waals surface area contributed by atoms with Crippen molar-refractivity contribution in [3.8, 4) is 0 Å². The molecular formula is C16H28F2O. The van der Waals surface area contributed by atoms with Crippen LogP contribution in [-0.2, 0) is 4.74 Å². The Kier molecular flexibility index (Phi) is 5.22. The normalized spacial score (nSPS) is 37.3. The summed E-state index contributed by atoms with van der Waals surface area (Å²) in [7, 11) is 1.12. The number of alkyl halides is 2. The highest BCUT2D eigenvalue weighted by atomic mass is 19.3. The number of rotatable bonds is 4. The maximum absolute atomic E-state index is 13.5. The van der Waals surface area contributed by atoms with Gasteiger partial charge in [0.2, 0.25) is 0 Å². The fraction of sp³-hybridized carbons (Fsp3) is 1.00. The molecule has 0 saturated heterocycles. The minimum Gasteiger partial charge on any atom is -0.324 e. The molecule has 19 heavy (non-hydrogen) atoms. The maximum Gasteiger partial charge on any atom is 0.358 e. The molecule has 0 spiro atoms. The van der Waals surface area contributed by atoms with Crippen molar-refractivity contribution in [2.45, 2.75) is 70.8 Å². The van der Waals surface area contributed by atoms with E-state index < -0.39 is 12.0 Å². The van der Waals surface area contributed by atoms with Gasteiger partial charge in [-0.25, -0.2) is 0 Å². The Morgan fingerprint density at radius 2 is 1.37 bits per heavy atom. The summed E-state index contributed by atoms with van der Waals surface area (Å²) in [6, 6.07) is 0. The summed E-state index contributed by atoms with van der Waals surface area (Å²) in [5.74, 6) is 1.87. The van der Waals surface area contributed by atoms with Gasteiger partial charge in [0.1, 0.15) is 0 Å². The van der Waals surface area contributed by atoms with E-state index in [1.54, 1.807) is 0 Å². The average molecular weight is 274 g/mol. The van der Waals surface area contributed by atoms with Crippen molar-refractivity contribution in [2.75, 3.05) is 7.11 Å². The third-order valence-electron chi connectivity index (χ3n) is 5.65. The molecule has 0 atom stereocenters. The van der Waals surface area contributed by atoms with Gasteiger partial charge in [-0.15, -0.1) is 0 Å².